The lowest BCUT2D eigenvalue weighted by Gasteiger charge is -2.04. The van der Waals surface area contributed by atoms with E-state index in [1.54, 1.807) is 12.1 Å². The monoisotopic (exact) mass is 207 g/mol. The summed E-state index contributed by atoms with van der Waals surface area (Å²) < 4.78 is 9.92. The lowest BCUT2D eigenvalue weighted by Crippen LogP contribution is -2.18. The minimum Gasteiger partial charge on any atom is -0.466 e. The van der Waals surface area contributed by atoms with Gasteiger partial charge in [0.2, 0.25) is 0 Å². The van der Waals surface area contributed by atoms with Gasteiger partial charge in [-0.2, -0.15) is 0 Å². The van der Waals surface area contributed by atoms with Gasteiger partial charge in [-0.05, 0) is 17.7 Å². The summed E-state index contributed by atoms with van der Waals surface area (Å²) in [5.41, 5.74) is 0.898. The van der Waals surface area contributed by atoms with Gasteiger partial charge >= 0.3 is 6.09 Å². The van der Waals surface area contributed by atoms with Gasteiger partial charge in [0.15, 0.2) is 0 Å². The van der Waals surface area contributed by atoms with E-state index in [0.717, 1.165) is 5.56 Å². The molecule has 0 radical (unpaired) electrons. The fourth-order valence-corrected chi connectivity index (χ4v) is 0.982. The van der Waals surface area contributed by atoms with E-state index >= 15 is 0 Å². The van der Waals surface area contributed by atoms with E-state index in [4.69, 9.17) is 9.47 Å². The standard InChI is InChI=1S/C11H13NO3/c1-3-14-10-6-4-9(5-7-10)8-15-11(13)12-2/h3-7H,1,8H2,2H3,(H,12,13). The van der Waals surface area contributed by atoms with Gasteiger partial charge in [-0.15, -0.1) is 0 Å². The second kappa shape index (κ2) is 5.70. The molecule has 1 aromatic carbocycles. The number of amides is 1. The first kappa shape index (κ1) is 11.1. The van der Waals surface area contributed by atoms with E-state index in [-0.39, 0.29) is 6.61 Å². The molecule has 0 aliphatic rings. The van der Waals surface area contributed by atoms with Crippen LogP contribution in [0.15, 0.2) is 37.1 Å². The largest absolute Gasteiger partial charge is 0.466 e. The number of benzene rings is 1. The van der Waals surface area contributed by atoms with Crippen LogP contribution in [0.25, 0.3) is 0 Å². The average molecular weight is 207 g/mol. The molecule has 80 valence electrons. The first-order valence-electron chi connectivity index (χ1n) is 4.47. The molecule has 1 N–H and O–H groups in total. The third kappa shape index (κ3) is 3.72. The summed E-state index contributed by atoms with van der Waals surface area (Å²) in [6.45, 7) is 3.69. The Bertz CT molecular complexity index is 332. The van der Waals surface area contributed by atoms with Crippen LogP contribution in [0.5, 0.6) is 5.75 Å². The minimum atomic E-state index is -0.443. The molecule has 1 rings (SSSR count). The Balaban J connectivity index is 2.49. The first-order chi connectivity index (χ1) is 7.26. The number of rotatable bonds is 4. The molecule has 1 aromatic rings. The van der Waals surface area contributed by atoms with Crippen molar-refractivity contribution >= 4 is 6.09 Å². The summed E-state index contributed by atoms with van der Waals surface area (Å²) in [6, 6.07) is 7.21. The highest BCUT2D eigenvalue weighted by Crippen LogP contribution is 2.12. The summed E-state index contributed by atoms with van der Waals surface area (Å²) in [5.74, 6) is 0.702. The zero-order valence-electron chi connectivity index (χ0n) is 8.53. The van der Waals surface area contributed by atoms with Crippen molar-refractivity contribution in [1.29, 1.82) is 0 Å². The highest BCUT2D eigenvalue weighted by Gasteiger charge is 1.99. The lowest BCUT2D eigenvalue weighted by molar-refractivity contribution is 0.142. The summed E-state index contributed by atoms with van der Waals surface area (Å²) in [5, 5.41) is 2.37. The number of ether oxygens (including phenoxy) is 2. The van der Waals surface area contributed by atoms with E-state index in [1.807, 2.05) is 12.1 Å². The van der Waals surface area contributed by atoms with Gasteiger partial charge in [-0.1, -0.05) is 18.7 Å². The number of hydrogen-bond donors (Lipinski definition) is 1. The Hall–Kier alpha value is -1.97. The van der Waals surface area contributed by atoms with Gasteiger partial charge < -0.3 is 14.8 Å². The molecule has 0 aromatic heterocycles. The van der Waals surface area contributed by atoms with Gasteiger partial charge in [0.25, 0.3) is 0 Å². The molecule has 0 unspecified atom stereocenters. The van der Waals surface area contributed by atoms with Gasteiger partial charge in [0, 0.05) is 7.05 Å². The van der Waals surface area contributed by atoms with Gasteiger partial charge in [0.1, 0.15) is 12.4 Å². The van der Waals surface area contributed by atoms with E-state index in [9.17, 15) is 4.79 Å². The quantitative estimate of drug-likeness (QED) is 0.769. The molecule has 0 fully saturated rings. The fourth-order valence-electron chi connectivity index (χ4n) is 0.982. The van der Waals surface area contributed by atoms with Crippen molar-refractivity contribution in [2.45, 2.75) is 6.61 Å². The SMILES string of the molecule is C=COc1ccc(COC(=O)NC)cc1. The fraction of sp³-hybridized carbons (Fsp3) is 0.182. The van der Waals surface area contributed by atoms with E-state index in [2.05, 4.69) is 11.9 Å². The zero-order chi connectivity index (χ0) is 11.1. The van der Waals surface area contributed by atoms with Crippen molar-refractivity contribution in [2.75, 3.05) is 7.05 Å². The van der Waals surface area contributed by atoms with E-state index < -0.39 is 6.09 Å². The van der Waals surface area contributed by atoms with Crippen LogP contribution in [0.1, 0.15) is 5.56 Å². The number of carbonyl (C=O) groups is 1. The molecule has 15 heavy (non-hydrogen) atoms. The van der Waals surface area contributed by atoms with Crippen LogP contribution in [-0.4, -0.2) is 13.1 Å². The van der Waals surface area contributed by atoms with Crippen LogP contribution < -0.4 is 10.1 Å². The van der Waals surface area contributed by atoms with Crippen molar-refractivity contribution < 1.29 is 14.3 Å². The maximum absolute atomic E-state index is 10.8. The predicted octanol–water partition coefficient (Wildman–Crippen LogP) is 2.06. The maximum Gasteiger partial charge on any atom is 0.407 e. The molecule has 0 saturated carbocycles. The maximum atomic E-state index is 10.8. The van der Waals surface area contributed by atoms with E-state index in [1.165, 1.54) is 13.3 Å². The van der Waals surface area contributed by atoms with Crippen molar-refractivity contribution in [3.63, 3.8) is 0 Å². The molecule has 4 nitrogen and oxygen atoms in total. The lowest BCUT2D eigenvalue weighted by atomic mass is 10.2. The first-order valence-corrected chi connectivity index (χ1v) is 4.47. The Kier molecular flexibility index (Phi) is 4.22. The van der Waals surface area contributed by atoms with Crippen LogP contribution in [0, 0.1) is 0 Å². The Morgan fingerprint density at radius 3 is 2.67 bits per heavy atom. The molecule has 0 aliphatic carbocycles. The van der Waals surface area contributed by atoms with Crippen molar-refractivity contribution in [3.8, 4) is 5.75 Å². The zero-order valence-corrected chi connectivity index (χ0v) is 8.53. The average Bonchev–Trinajstić information content (AvgIpc) is 2.28. The third-order valence-corrected chi connectivity index (χ3v) is 1.72. The number of alkyl carbamates (subject to hydrolysis) is 1. The molecule has 0 bridgehead atoms. The molecule has 0 heterocycles. The van der Waals surface area contributed by atoms with Gasteiger partial charge in [-0.3, -0.25) is 0 Å². The third-order valence-electron chi connectivity index (χ3n) is 1.72. The van der Waals surface area contributed by atoms with Crippen LogP contribution in [0.2, 0.25) is 0 Å². The van der Waals surface area contributed by atoms with Crippen LogP contribution in [0.4, 0.5) is 4.79 Å². The highest BCUT2D eigenvalue weighted by atomic mass is 16.5. The predicted molar refractivity (Wildman–Crippen MR) is 56.5 cm³/mol. The second-order valence-electron chi connectivity index (χ2n) is 2.75. The molecule has 0 saturated heterocycles. The second-order valence-corrected chi connectivity index (χ2v) is 2.75. The number of hydrogen-bond acceptors (Lipinski definition) is 3. The van der Waals surface area contributed by atoms with Gasteiger partial charge in [0.05, 0.1) is 6.26 Å². The summed E-state index contributed by atoms with van der Waals surface area (Å²) >= 11 is 0. The Morgan fingerprint density at radius 1 is 1.47 bits per heavy atom. The molecular formula is C11H13NO3. The van der Waals surface area contributed by atoms with E-state index in [0.29, 0.717) is 5.75 Å². The summed E-state index contributed by atoms with van der Waals surface area (Å²) in [7, 11) is 1.52. The molecule has 0 spiro atoms. The molecular weight excluding hydrogens is 194 g/mol. The van der Waals surface area contributed by atoms with Crippen molar-refractivity contribution in [3.05, 3.63) is 42.7 Å². The number of carbonyl (C=O) groups excluding carboxylic acids is 1. The van der Waals surface area contributed by atoms with Crippen molar-refractivity contribution in [1.82, 2.24) is 5.32 Å². The smallest absolute Gasteiger partial charge is 0.407 e. The molecule has 0 atom stereocenters. The molecule has 0 aliphatic heterocycles. The molecule has 4 heteroatoms. The minimum absolute atomic E-state index is 0.244. The van der Waals surface area contributed by atoms with Crippen LogP contribution in [0.3, 0.4) is 0 Å². The Morgan fingerprint density at radius 2 is 2.13 bits per heavy atom. The van der Waals surface area contributed by atoms with Crippen LogP contribution in [-0.2, 0) is 11.3 Å². The summed E-state index contributed by atoms with van der Waals surface area (Å²) in [6.07, 6.45) is 0.914. The highest BCUT2D eigenvalue weighted by molar-refractivity contribution is 5.66. The van der Waals surface area contributed by atoms with Crippen LogP contribution >= 0.6 is 0 Å². The Labute approximate surface area is 88.5 Å². The van der Waals surface area contributed by atoms with Crippen molar-refractivity contribution in [2.24, 2.45) is 0 Å². The molecule has 1 amide bonds. The summed E-state index contributed by atoms with van der Waals surface area (Å²) in [4.78, 5) is 10.8. The topological polar surface area (TPSA) is 47.6 Å². The normalized spacial score (nSPS) is 9.13. The van der Waals surface area contributed by atoms with Gasteiger partial charge in [-0.25, -0.2) is 4.79 Å². The number of nitrogens with one attached hydrogen (secondary N) is 1.